The summed E-state index contributed by atoms with van der Waals surface area (Å²) in [6.45, 7) is -2.26. The maximum atomic E-state index is 16.3. The van der Waals surface area contributed by atoms with Crippen LogP contribution >= 0.6 is 23.5 Å². The molecule has 0 aromatic heterocycles. The minimum atomic E-state index is -4.98. The SMILES string of the molecule is COc1ccc(COC2C(OP(=O)(OCc3ccccc3)OCc3ccccc3)C(OCc3ccc(OC)cc3)C(OP(=O)(OCc3ccccc3)OCc3ccccc3)C(OCc3ccc(OC)cc3)C2OP(=O)(OCc2ccccc2)OCc2ccccc2)cc1. The summed E-state index contributed by atoms with van der Waals surface area (Å²) in [6, 6.07) is 75.8. The van der Waals surface area contributed by atoms with Gasteiger partial charge in [0.05, 0.1) is 80.8 Å². The van der Waals surface area contributed by atoms with E-state index in [9.17, 15) is 0 Å². The van der Waals surface area contributed by atoms with Gasteiger partial charge < -0.3 is 28.4 Å². The number of ether oxygens (including phenoxy) is 6. The molecule has 1 aliphatic rings. The molecule has 18 nitrogen and oxygen atoms in total. The first-order valence-corrected chi connectivity index (χ1v) is 34.5. The van der Waals surface area contributed by atoms with E-state index in [1.807, 2.05) is 109 Å². The molecule has 0 radical (unpaired) electrons. The zero-order valence-corrected chi connectivity index (χ0v) is 54.5. The summed E-state index contributed by atoms with van der Waals surface area (Å²) in [5.74, 6) is 1.72. The summed E-state index contributed by atoms with van der Waals surface area (Å²) < 4.78 is 147. The molecular weight excluding hydrogens is 1250 g/mol. The van der Waals surface area contributed by atoms with Gasteiger partial charge in [0.1, 0.15) is 53.9 Å². The number of phosphoric ester groups is 3. The Kier molecular flexibility index (Phi) is 25.5. The van der Waals surface area contributed by atoms with Crippen molar-refractivity contribution >= 4 is 23.5 Å². The van der Waals surface area contributed by atoms with Gasteiger partial charge in [-0.3, -0.25) is 40.7 Å². The Morgan fingerprint density at radius 1 is 0.226 bits per heavy atom. The smallest absolute Gasteiger partial charge is 0.475 e. The lowest BCUT2D eigenvalue weighted by Gasteiger charge is -2.50. The Labute approximate surface area is 543 Å². The average molecular weight is 1320 g/mol. The van der Waals surface area contributed by atoms with Gasteiger partial charge in [-0.25, -0.2) is 13.7 Å². The largest absolute Gasteiger partial charge is 0.497 e. The van der Waals surface area contributed by atoms with E-state index in [0.29, 0.717) is 67.3 Å². The highest BCUT2D eigenvalue weighted by Crippen LogP contribution is 2.60. The van der Waals surface area contributed by atoms with Crippen molar-refractivity contribution in [3.05, 3.63) is 305 Å². The average Bonchev–Trinajstić information content (AvgIpc) is 0.751. The third kappa shape index (κ3) is 20.8. The Balaban J connectivity index is 1.19. The normalized spacial score (nSPS) is 17.6. The van der Waals surface area contributed by atoms with E-state index >= 15 is 13.7 Å². The summed E-state index contributed by atoms with van der Waals surface area (Å²) in [4.78, 5) is 0. The lowest BCUT2D eigenvalue weighted by Crippen LogP contribution is -2.67. The van der Waals surface area contributed by atoms with Crippen LogP contribution < -0.4 is 14.2 Å². The highest BCUT2D eigenvalue weighted by molar-refractivity contribution is 7.49. The number of phosphoric acid groups is 3. The fraction of sp³-hybridized carbons (Fsp3) is 0.250. The summed E-state index contributed by atoms with van der Waals surface area (Å²) >= 11 is 0. The molecule has 1 fully saturated rings. The summed E-state index contributed by atoms with van der Waals surface area (Å²) in [7, 11) is -10.3. The van der Waals surface area contributed by atoms with Crippen LogP contribution in [0.2, 0.25) is 0 Å². The number of hydrogen-bond donors (Lipinski definition) is 0. The lowest BCUT2D eigenvalue weighted by molar-refractivity contribution is -0.254. The molecule has 0 amide bonds. The number of benzene rings is 9. The van der Waals surface area contributed by atoms with Gasteiger partial charge in [0.25, 0.3) is 0 Å². The highest BCUT2D eigenvalue weighted by atomic mass is 31.2. The standard InChI is InChI=1S/C72H75O18P3/c1-76-64-40-34-61(35-41-64)46-79-67-70(88-91(73,82-49-55-22-10-4-11-23-55)83-50-56-24-12-5-13-25-56)68(80-47-62-36-42-65(77-2)43-37-62)72(90-93(75,86-53-59-30-18-8-19-31-59)87-54-60-32-20-9-21-33-60)69(81-48-63-38-44-66(78-3)45-39-63)71(67)89-92(74,84-51-57-26-14-6-15-27-57)85-52-58-28-16-7-17-29-58/h4-45,67-72H,46-54H2,1-3H3. The van der Waals surface area contributed by atoms with E-state index in [4.69, 9.17) is 69.1 Å². The van der Waals surface area contributed by atoms with Crippen LogP contribution in [0.15, 0.2) is 255 Å². The third-order valence-electron chi connectivity index (χ3n) is 14.9. The lowest BCUT2D eigenvalue weighted by atomic mass is 9.84. The maximum Gasteiger partial charge on any atom is 0.475 e. The molecular formula is C72H75O18P3. The van der Waals surface area contributed by atoms with Crippen LogP contribution in [0.3, 0.4) is 0 Å². The van der Waals surface area contributed by atoms with Crippen LogP contribution in [0.5, 0.6) is 17.2 Å². The minimum Gasteiger partial charge on any atom is -0.497 e. The fourth-order valence-corrected chi connectivity index (χ4v) is 13.9. The molecule has 9 aromatic carbocycles. The highest BCUT2D eigenvalue weighted by Gasteiger charge is 2.61. The molecule has 0 unspecified atom stereocenters. The van der Waals surface area contributed by atoms with Crippen molar-refractivity contribution in [1.82, 2.24) is 0 Å². The fourth-order valence-electron chi connectivity index (χ4n) is 9.90. The summed E-state index contributed by atoms with van der Waals surface area (Å²) in [5, 5.41) is 0. The van der Waals surface area contributed by atoms with Gasteiger partial charge in [-0.05, 0) is 86.5 Å². The molecule has 1 saturated carbocycles. The van der Waals surface area contributed by atoms with E-state index in [-0.39, 0.29) is 59.5 Å². The topological polar surface area (TPSA) is 190 Å². The zero-order valence-electron chi connectivity index (χ0n) is 51.8. The molecule has 486 valence electrons. The van der Waals surface area contributed by atoms with Crippen LogP contribution in [0.25, 0.3) is 0 Å². The van der Waals surface area contributed by atoms with E-state index in [0.717, 1.165) is 0 Å². The van der Waals surface area contributed by atoms with Crippen molar-refractivity contribution in [3.8, 4) is 17.2 Å². The van der Waals surface area contributed by atoms with E-state index in [1.54, 1.807) is 167 Å². The number of methoxy groups -OCH3 is 3. The van der Waals surface area contributed by atoms with Gasteiger partial charge in [0.15, 0.2) is 0 Å². The van der Waals surface area contributed by atoms with Gasteiger partial charge in [0.2, 0.25) is 0 Å². The number of hydrogen-bond acceptors (Lipinski definition) is 18. The van der Waals surface area contributed by atoms with Crippen molar-refractivity contribution in [1.29, 1.82) is 0 Å². The van der Waals surface area contributed by atoms with Gasteiger partial charge in [-0.1, -0.05) is 218 Å². The number of rotatable bonds is 36. The molecule has 0 bridgehead atoms. The van der Waals surface area contributed by atoms with Crippen LogP contribution in [-0.4, -0.2) is 58.0 Å². The maximum absolute atomic E-state index is 16.3. The molecule has 0 aliphatic heterocycles. The molecule has 21 heteroatoms. The predicted molar refractivity (Wildman–Crippen MR) is 350 cm³/mol. The van der Waals surface area contributed by atoms with E-state index in [1.165, 1.54) is 0 Å². The molecule has 0 heterocycles. The van der Waals surface area contributed by atoms with E-state index < -0.39 is 60.1 Å². The quantitative estimate of drug-likeness (QED) is 0.0337. The van der Waals surface area contributed by atoms with Gasteiger partial charge in [-0.2, -0.15) is 0 Å². The van der Waals surface area contributed by atoms with E-state index in [2.05, 4.69) is 0 Å². The molecule has 0 spiro atoms. The monoisotopic (exact) mass is 1320 g/mol. The van der Waals surface area contributed by atoms with Gasteiger partial charge >= 0.3 is 23.5 Å². The van der Waals surface area contributed by atoms with Crippen molar-refractivity contribution in [2.45, 2.75) is 96.1 Å². The Bertz CT molecular complexity index is 3220. The van der Waals surface area contributed by atoms with Gasteiger partial charge in [-0.15, -0.1) is 0 Å². The second-order valence-electron chi connectivity index (χ2n) is 21.5. The molecule has 9 aromatic rings. The molecule has 10 rings (SSSR count). The molecule has 0 saturated heterocycles. The second-order valence-corrected chi connectivity index (χ2v) is 26.3. The second kappa shape index (κ2) is 34.7. The molecule has 0 atom stereocenters. The molecule has 1 aliphatic carbocycles. The predicted octanol–water partition coefficient (Wildman–Crippen LogP) is 16.6. The first-order chi connectivity index (χ1) is 45.4. The van der Waals surface area contributed by atoms with Crippen LogP contribution in [0.4, 0.5) is 0 Å². The third-order valence-corrected chi connectivity index (χ3v) is 19.1. The molecule has 93 heavy (non-hydrogen) atoms. The van der Waals surface area contributed by atoms with Crippen LogP contribution in [-0.2, 0) is 128 Å². The molecule has 0 N–H and O–H groups in total. The van der Waals surface area contributed by atoms with Crippen molar-refractivity contribution in [2.75, 3.05) is 21.3 Å². The van der Waals surface area contributed by atoms with Gasteiger partial charge in [0, 0.05) is 0 Å². The summed E-state index contributed by atoms with van der Waals surface area (Å²) in [6.07, 6.45) is -10.2. The van der Waals surface area contributed by atoms with Crippen molar-refractivity contribution < 1.29 is 82.8 Å². The Morgan fingerprint density at radius 2 is 0.398 bits per heavy atom. The Hall–Kier alpha value is -7.41. The van der Waals surface area contributed by atoms with Crippen molar-refractivity contribution in [2.24, 2.45) is 0 Å². The minimum absolute atomic E-state index is 0.213. The van der Waals surface area contributed by atoms with Crippen molar-refractivity contribution in [3.63, 3.8) is 0 Å². The first-order valence-electron chi connectivity index (χ1n) is 30.2. The first kappa shape index (κ1) is 68.4. The summed E-state index contributed by atoms with van der Waals surface area (Å²) in [5.41, 5.74) is 5.63. The Morgan fingerprint density at radius 3 is 0.570 bits per heavy atom. The van der Waals surface area contributed by atoms with Crippen LogP contribution in [0, 0.1) is 0 Å². The zero-order chi connectivity index (χ0) is 64.6. The van der Waals surface area contributed by atoms with Crippen LogP contribution in [0.1, 0.15) is 50.1 Å².